The molecule has 2 aromatic rings. The van der Waals surface area contributed by atoms with Gasteiger partial charge < -0.3 is 14.7 Å². The number of carboxylic acids is 1. The number of hydrogen-bond donors (Lipinski definition) is 1. The zero-order chi connectivity index (χ0) is 17.1. The molecule has 0 heterocycles. The van der Waals surface area contributed by atoms with Gasteiger partial charge in [-0.25, -0.2) is 0 Å². The van der Waals surface area contributed by atoms with Gasteiger partial charge in [-0.05, 0) is 25.2 Å². The molecule has 1 N–H and O–H groups in total. The number of carboxylic acid groups (broad SMARTS) is 1. The molecule has 0 bridgehead atoms. The predicted molar refractivity (Wildman–Crippen MR) is 92.5 cm³/mol. The van der Waals surface area contributed by atoms with E-state index in [-0.39, 0.29) is 6.10 Å². The molecule has 2 rings (SSSR count). The molecule has 4 heteroatoms. The molecule has 0 saturated heterocycles. The van der Waals surface area contributed by atoms with E-state index in [0.717, 1.165) is 20.1 Å². The van der Waals surface area contributed by atoms with Crippen LogP contribution in [0.2, 0.25) is 0 Å². The third-order valence-electron chi connectivity index (χ3n) is 3.03. The zero-order valence-corrected chi connectivity index (χ0v) is 14.0. The standard InChI is InChI=1S/C17H21NO.C2H4O2/c1-18(2)13-14-19-17(15-9-5-3-6-10-15)16-11-7-4-8-12-16;1-2(3)4/h3-12,17H,13-14H2,1-2H3;1H3,(H,3,4). The summed E-state index contributed by atoms with van der Waals surface area (Å²) in [5, 5.41) is 7.42. The van der Waals surface area contributed by atoms with E-state index >= 15 is 0 Å². The first-order valence-corrected chi connectivity index (χ1v) is 7.56. The van der Waals surface area contributed by atoms with Gasteiger partial charge in [-0.3, -0.25) is 4.79 Å². The Morgan fingerprint density at radius 1 is 1.00 bits per heavy atom. The van der Waals surface area contributed by atoms with Gasteiger partial charge in [-0.2, -0.15) is 0 Å². The van der Waals surface area contributed by atoms with Crippen molar-refractivity contribution in [2.24, 2.45) is 0 Å². The Hall–Kier alpha value is -2.17. The molecule has 0 unspecified atom stereocenters. The van der Waals surface area contributed by atoms with Crippen LogP contribution in [0.1, 0.15) is 24.2 Å². The van der Waals surface area contributed by atoms with E-state index in [1.807, 2.05) is 12.1 Å². The molecule has 0 atom stereocenters. The fourth-order valence-electron chi connectivity index (χ4n) is 1.99. The van der Waals surface area contributed by atoms with Crippen molar-refractivity contribution in [3.63, 3.8) is 0 Å². The molecular weight excluding hydrogens is 290 g/mol. The maximum Gasteiger partial charge on any atom is 0.300 e. The number of rotatable bonds is 6. The number of nitrogens with zero attached hydrogens (tertiary/aromatic N) is 1. The third-order valence-corrected chi connectivity index (χ3v) is 3.03. The Kier molecular flexibility index (Phi) is 8.65. The summed E-state index contributed by atoms with van der Waals surface area (Å²) in [6.07, 6.45) is 0.0161. The van der Waals surface area contributed by atoms with Gasteiger partial charge in [0, 0.05) is 13.5 Å². The molecule has 0 fully saturated rings. The Morgan fingerprint density at radius 3 is 1.74 bits per heavy atom. The summed E-state index contributed by atoms with van der Waals surface area (Å²) in [6, 6.07) is 20.8. The zero-order valence-electron chi connectivity index (χ0n) is 14.0. The van der Waals surface area contributed by atoms with Crippen molar-refractivity contribution in [1.82, 2.24) is 4.90 Å². The first-order valence-electron chi connectivity index (χ1n) is 7.56. The van der Waals surface area contributed by atoms with Crippen molar-refractivity contribution >= 4 is 5.97 Å². The summed E-state index contributed by atoms with van der Waals surface area (Å²) in [6.45, 7) is 2.73. The number of aliphatic carboxylic acids is 1. The second-order valence-corrected chi connectivity index (χ2v) is 5.39. The molecule has 0 radical (unpaired) electrons. The molecule has 0 aliphatic rings. The van der Waals surface area contributed by atoms with Crippen LogP contribution in [0.5, 0.6) is 0 Å². The lowest BCUT2D eigenvalue weighted by Gasteiger charge is -2.20. The number of hydrogen-bond acceptors (Lipinski definition) is 3. The van der Waals surface area contributed by atoms with E-state index in [1.54, 1.807) is 0 Å². The van der Waals surface area contributed by atoms with Crippen LogP contribution in [-0.2, 0) is 9.53 Å². The van der Waals surface area contributed by atoms with Crippen molar-refractivity contribution in [2.45, 2.75) is 13.0 Å². The summed E-state index contributed by atoms with van der Waals surface area (Å²) in [5.74, 6) is -0.833. The molecule has 124 valence electrons. The van der Waals surface area contributed by atoms with E-state index in [4.69, 9.17) is 14.6 Å². The highest BCUT2D eigenvalue weighted by molar-refractivity contribution is 5.62. The second-order valence-electron chi connectivity index (χ2n) is 5.39. The molecule has 0 spiro atoms. The number of carbonyl (C=O) groups is 1. The van der Waals surface area contributed by atoms with E-state index in [2.05, 4.69) is 67.5 Å². The largest absolute Gasteiger partial charge is 0.481 e. The van der Waals surface area contributed by atoms with Crippen LogP contribution >= 0.6 is 0 Å². The van der Waals surface area contributed by atoms with Gasteiger partial charge in [0.2, 0.25) is 0 Å². The van der Waals surface area contributed by atoms with Gasteiger partial charge in [0.1, 0.15) is 6.10 Å². The van der Waals surface area contributed by atoms with Crippen LogP contribution in [0.15, 0.2) is 60.7 Å². The Labute approximate surface area is 138 Å². The summed E-state index contributed by atoms with van der Waals surface area (Å²) in [7, 11) is 4.12. The molecule has 0 saturated carbocycles. The van der Waals surface area contributed by atoms with E-state index in [9.17, 15) is 0 Å². The minimum atomic E-state index is -0.833. The van der Waals surface area contributed by atoms with Crippen molar-refractivity contribution in [2.75, 3.05) is 27.2 Å². The number of benzene rings is 2. The lowest BCUT2D eigenvalue weighted by atomic mass is 10.0. The lowest BCUT2D eigenvalue weighted by molar-refractivity contribution is -0.134. The first-order chi connectivity index (χ1) is 11.0. The molecule has 4 nitrogen and oxygen atoms in total. The van der Waals surface area contributed by atoms with E-state index in [1.165, 1.54) is 11.1 Å². The van der Waals surface area contributed by atoms with Gasteiger partial charge in [-0.15, -0.1) is 0 Å². The van der Waals surface area contributed by atoms with Gasteiger partial charge in [0.25, 0.3) is 5.97 Å². The normalized spacial score (nSPS) is 10.3. The molecule has 0 aliphatic heterocycles. The highest BCUT2D eigenvalue weighted by atomic mass is 16.5. The number of likely N-dealkylation sites (N-methyl/N-ethyl adjacent to an activating group) is 1. The van der Waals surface area contributed by atoms with Crippen molar-refractivity contribution in [3.05, 3.63) is 71.8 Å². The highest BCUT2D eigenvalue weighted by Crippen LogP contribution is 2.25. The second kappa shape index (κ2) is 10.5. The smallest absolute Gasteiger partial charge is 0.300 e. The van der Waals surface area contributed by atoms with Crippen LogP contribution < -0.4 is 0 Å². The Morgan fingerprint density at radius 2 is 1.39 bits per heavy atom. The quantitative estimate of drug-likeness (QED) is 0.887. The van der Waals surface area contributed by atoms with E-state index < -0.39 is 5.97 Å². The van der Waals surface area contributed by atoms with Crippen molar-refractivity contribution < 1.29 is 14.6 Å². The molecule has 2 aromatic carbocycles. The Bertz CT molecular complexity index is 512. The topological polar surface area (TPSA) is 49.8 Å². The Balaban J connectivity index is 0.000000593. The maximum atomic E-state index is 9.00. The van der Waals surface area contributed by atoms with Crippen LogP contribution in [-0.4, -0.2) is 43.2 Å². The fraction of sp³-hybridized carbons (Fsp3) is 0.316. The van der Waals surface area contributed by atoms with E-state index in [0.29, 0.717) is 0 Å². The molecular formula is C19H25NO3. The summed E-state index contributed by atoms with van der Waals surface area (Å²) in [5.41, 5.74) is 2.40. The monoisotopic (exact) mass is 315 g/mol. The summed E-state index contributed by atoms with van der Waals surface area (Å²) in [4.78, 5) is 11.1. The molecule has 23 heavy (non-hydrogen) atoms. The van der Waals surface area contributed by atoms with Gasteiger partial charge >= 0.3 is 0 Å². The van der Waals surface area contributed by atoms with Crippen LogP contribution in [0.4, 0.5) is 0 Å². The van der Waals surface area contributed by atoms with Crippen LogP contribution in [0.3, 0.4) is 0 Å². The molecule has 0 aromatic heterocycles. The van der Waals surface area contributed by atoms with Crippen molar-refractivity contribution in [1.29, 1.82) is 0 Å². The average Bonchev–Trinajstić information content (AvgIpc) is 2.52. The highest BCUT2D eigenvalue weighted by Gasteiger charge is 2.13. The average molecular weight is 315 g/mol. The third kappa shape index (κ3) is 8.14. The van der Waals surface area contributed by atoms with Crippen LogP contribution in [0.25, 0.3) is 0 Å². The SMILES string of the molecule is CC(=O)O.CN(C)CCOC(c1ccccc1)c1ccccc1. The molecule has 0 amide bonds. The predicted octanol–water partition coefficient (Wildman–Crippen LogP) is 3.45. The maximum absolute atomic E-state index is 9.00. The number of ether oxygens (including phenoxy) is 1. The van der Waals surface area contributed by atoms with Gasteiger partial charge in [0.15, 0.2) is 0 Å². The van der Waals surface area contributed by atoms with Gasteiger partial charge in [0.05, 0.1) is 6.61 Å². The minimum absolute atomic E-state index is 0.0161. The minimum Gasteiger partial charge on any atom is -0.481 e. The molecule has 0 aliphatic carbocycles. The lowest BCUT2D eigenvalue weighted by Crippen LogP contribution is -2.20. The first kappa shape index (κ1) is 18.9. The summed E-state index contributed by atoms with van der Waals surface area (Å²) < 4.78 is 6.08. The van der Waals surface area contributed by atoms with Crippen LogP contribution in [0, 0.1) is 0 Å². The van der Waals surface area contributed by atoms with Crippen molar-refractivity contribution in [3.8, 4) is 0 Å². The van der Waals surface area contributed by atoms with Gasteiger partial charge in [-0.1, -0.05) is 60.7 Å². The fourth-order valence-corrected chi connectivity index (χ4v) is 1.99. The summed E-state index contributed by atoms with van der Waals surface area (Å²) >= 11 is 0.